The van der Waals surface area contributed by atoms with E-state index in [0.717, 1.165) is 0 Å². The molecule has 1 unspecified atom stereocenters. The zero-order chi connectivity index (χ0) is 5.91. The molecule has 0 aliphatic carbocycles. The van der Waals surface area contributed by atoms with Crippen molar-refractivity contribution in [3.63, 3.8) is 0 Å². The summed E-state index contributed by atoms with van der Waals surface area (Å²) in [5.41, 5.74) is 0. The van der Waals surface area contributed by atoms with Crippen LogP contribution in [0.15, 0.2) is 0 Å². The number of hydrogen-bond acceptors (Lipinski definition) is 1. The van der Waals surface area contributed by atoms with Gasteiger partial charge in [-0.2, -0.15) is 0 Å². The van der Waals surface area contributed by atoms with Gasteiger partial charge in [0.15, 0.2) is 0 Å². The topological polar surface area (TPSA) is 9.23 Å². The maximum atomic E-state index is 12.0. The fraction of sp³-hybridized carbons (Fsp3) is 1.00. The molecule has 0 amide bonds. The first-order valence-corrected chi connectivity index (χ1v) is 2.31. The summed E-state index contributed by atoms with van der Waals surface area (Å²) in [6.07, 6.45) is 0. The number of hydrogen-bond donors (Lipinski definition) is 0. The van der Waals surface area contributed by atoms with Crippen molar-refractivity contribution in [2.75, 3.05) is 13.7 Å². The first-order valence-electron chi connectivity index (χ1n) is 1.93. The molecule has 0 bridgehead atoms. The summed E-state index contributed by atoms with van der Waals surface area (Å²) in [6, 6.07) is 0. The van der Waals surface area contributed by atoms with Crippen molar-refractivity contribution in [1.82, 2.24) is 0 Å². The Labute approximate surface area is 47.4 Å². The minimum absolute atomic E-state index is 0.0610. The van der Waals surface area contributed by atoms with Gasteiger partial charge in [-0.25, -0.2) is 4.39 Å². The van der Waals surface area contributed by atoms with Crippen molar-refractivity contribution in [2.45, 2.75) is 12.1 Å². The monoisotopic (exact) mass is 126 g/mol. The molecular formula is C4H8ClFO. The van der Waals surface area contributed by atoms with Crippen molar-refractivity contribution in [3.05, 3.63) is 0 Å². The predicted molar refractivity (Wildman–Crippen MR) is 27.2 cm³/mol. The highest BCUT2D eigenvalue weighted by Crippen LogP contribution is 2.14. The molecule has 0 spiro atoms. The second-order valence-electron chi connectivity index (χ2n) is 1.50. The molecular weight excluding hydrogens is 118 g/mol. The van der Waals surface area contributed by atoms with Gasteiger partial charge in [-0.15, -0.1) is 0 Å². The van der Waals surface area contributed by atoms with E-state index in [4.69, 9.17) is 11.6 Å². The Morgan fingerprint density at radius 2 is 2.29 bits per heavy atom. The van der Waals surface area contributed by atoms with Gasteiger partial charge >= 0.3 is 0 Å². The van der Waals surface area contributed by atoms with E-state index in [1.165, 1.54) is 14.0 Å². The second kappa shape index (κ2) is 2.48. The Balaban J connectivity index is 3.15. The summed E-state index contributed by atoms with van der Waals surface area (Å²) in [6.45, 7) is 1.19. The van der Waals surface area contributed by atoms with Crippen LogP contribution in [-0.4, -0.2) is 18.8 Å². The number of methoxy groups -OCH3 is 1. The van der Waals surface area contributed by atoms with Gasteiger partial charge in [0.25, 0.3) is 0 Å². The molecule has 0 radical (unpaired) electrons. The third kappa shape index (κ3) is 6.18. The average molecular weight is 127 g/mol. The summed E-state index contributed by atoms with van der Waals surface area (Å²) < 4.78 is 16.4. The van der Waals surface area contributed by atoms with Gasteiger partial charge in [0.1, 0.15) is 0 Å². The number of ether oxygens (including phenoxy) is 1. The SMILES string of the molecule is COCC(C)(F)Cl. The summed E-state index contributed by atoms with van der Waals surface area (Å²) in [5.74, 6) is 0. The number of rotatable bonds is 2. The highest BCUT2D eigenvalue weighted by molar-refractivity contribution is 6.22. The predicted octanol–water partition coefficient (Wildman–Crippen LogP) is 1.56. The van der Waals surface area contributed by atoms with Crippen molar-refractivity contribution < 1.29 is 9.13 Å². The molecule has 0 aliphatic rings. The van der Waals surface area contributed by atoms with Gasteiger partial charge in [0, 0.05) is 7.11 Å². The molecule has 3 heteroatoms. The Hall–Kier alpha value is 0.180. The second-order valence-corrected chi connectivity index (χ2v) is 2.29. The Morgan fingerprint density at radius 3 is 2.29 bits per heavy atom. The van der Waals surface area contributed by atoms with E-state index in [-0.39, 0.29) is 6.61 Å². The highest BCUT2D eigenvalue weighted by Gasteiger charge is 2.16. The van der Waals surface area contributed by atoms with Crippen LogP contribution in [0.25, 0.3) is 0 Å². The van der Waals surface area contributed by atoms with Crippen LogP contribution in [0.2, 0.25) is 0 Å². The van der Waals surface area contributed by atoms with Gasteiger partial charge in [-0.05, 0) is 6.92 Å². The third-order valence-electron chi connectivity index (χ3n) is 0.398. The van der Waals surface area contributed by atoms with E-state index >= 15 is 0 Å². The molecule has 44 valence electrons. The van der Waals surface area contributed by atoms with Crippen LogP contribution in [0.5, 0.6) is 0 Å². The molecule has 0 rings (SSSR count). The fourth-order valence-electron chi connectivity index (χ4n) is 0.253. The van der Waals surface area contributed by atoms with Crippen LogP contribution in [0.3, 0.4) is 0 Å². The maximum absolute atomic E-state index is 12.0. The highest BCUT2D eigenvalue weighted by atomic mass is 35.5. The molecule has 7 heavy (non-hydrogen) atoms. The molecule has 1 nitrogen and oxygen atoms in total. The minimum atomic E-state index is -1.70. The lowest BCUT2D eigenvalue weighted by atomic mass is 10.5. The lowest BCUT2D eigenvalue weighted by molar-refractivity contribution is 0.110. The van der Waals surface area contributed by atoms with Crippen molar-refractivity contribution in [3.8, 4) is 0 Å². The van der Waals surface area contributed by atoms with Gasteiger partial charge in [0.2, 0.25) is 5.13 Å². The van der Waals surface area contributed by atoms with E-state index in [1.807, 2.05) is 0 Å². The van der Waals surface area contributed by atoms with Gasteiger partial charge in [-0.3, -0.25) is 0 Å². The van der Waals surface area contributed by atoms with Crippen LogP contribution in [0.1, 0.15) is 6.92 Å². The third-order valence-corrected chi connectivity index (χ3v) is 0.507. The smallest absolute Gasteiger partial charge is 0.203 e. The summed E-state index contributed by atoms with van der Waals surface area (Å²) in [7, 11) is 1.40. The Morgan fingerprint density at radius 1 is 1.86 bits per heavy atom. The molecule has 0 aromatic heterocycles. The van der Waals surface area contributed by atoms with E-state index in [1.54, 1.807) is 0 Å². The summed E-state index contributed by atoms with van der Waals surface area (Å²) in [4.78, 5) is 0. The normalized spacial score (nSPS) is 18.9. The van der Waals surface area contributed by atoms with E-state index < -0.39 is 5.13 Å². The molecule has 0 aromatic carbocycles. The molecule has 0 N–H and O–H groups in total. The van der Waals surface area contributed by atoms with Gasteiger partial charge in [-0.1, -0.05) is 11.6 Å². The van der Waals surface area contributed by atoms with Crippen LogP contribution in [-0.2, 0) is 4.74 Å². The average Bonchev–Trinajstić information content (AvgIpc) is 1.30. The van der Waals surface area contributed by atoms with Crippen LogP contribution in [0.4, 0.5) is 4.39 Å². The number of halogens is 2. The molecule has 0 saturated heterocycles. The standard InChI is InChI=1S/C4H8ClFO/c1-4(5,6)3-7-2/h3H2,1-2H3. The van der Waals surface area contributed by atoms with Crippen LogP contribution >= 0.6 is 11.6 Å². The molecule has 1 atom stereocenters. The van der Waals surface area contributed by atoms with Crippen molar-refractivity contribution in [2.24, 2.45) is 0 Å². The minimum Gasteiger partial charge on any atom is -0.380 e. The molecule has 0 fully saturated rings. The lowest BCUT2D eigenvalue weighted by Gasteiger charge is -2.07. The Bertz CT molecular complexity index is 50.1. The van der Waals surface area contributed by atoms with E-state index in [9.17, 15) is 4.39 Å². The zero-order valence-electron chi connectivity index (χ0n) is 4.37. The molecule has 0 aliphatic heterocycles. The van der Waals surface area contributed by atoms with Crippen LogP contribution < -0.4 is 0 Å². The molecule has 0 aromatic rings. The molecule has 0 heterocycles. The quantitative estimate of drug-likeness (QED) is 0.511. The van der Waals surface area contributed by atoms with E-state index in [0.29, 0.717) is 0 Å². The maximum Gasteiger partial charge on any atom is 0.203 e. The summed E-state index contributed by atoms with van der Waals surface area (Å²) >= 11 is 5.04. The fourth-order valence-corrected chi connectivity index (χ4v) is 0.363. The Kier molecular flexibility index (Phi) is 2.54. The van der Waals surface area contributed by atoms with Crippen LogP contribution in [0, 0.1) is 0 Å². The number of alkyl halides is 2. The summed E-state index contributed by atoms with van der Waals surface area (Å²) in [5, 5.41) is -1.70. The van der Waals surface area contributed by atoms with Crippen molar-refractivity contribution in [1.29, 1.82) is 0 Å². The lowest BCUT2D eigenvalue weighted by Crippen LogP contribution is -2.15. The van der Waals surface area contributed by atoms with Gasteiger partial charge < -0.3 is 4.74 Å². The van der Waals surface area contributed by atoms with Crippen molar-refractivity contribution >= 4 is 11.6 Å². The molecule has 0 saturated carbocycles. The zero-order valence-corrected chi connectivity index (χ0v) is 5.13. The van der Waals surface area contributed by atoms with Gasteiger partial charge in [0.05, 0.1) is 6.61 Å². The first kappa shape index (κ1) is 7.18. The largest absolute Gasteiger partial charge is 0.380 e. The first-order chi connectivity index (χ1) is 3.06. The van der Waals surface area contributed by atoms with E-state index in [2.05, 4.69) is 4.74 Å².